The minimum Gasteiger partial charge on any atom is -0.544 e. The van der Waals surface area contributed by atoms with Crippen LogP contribution in [0.5, 0.6) is 5.75 Å². The van der Waals surface area contributed by atoms with E-state index in [9.17, 15) is 23.1 Å². The summed E-state index contributed by atoms with van der Waals surface area (Å²) in [6.07, 6.45) is 1.26. The van der Waals surface area contributed by atoms with Gasteiger partial charge in [-0.1, -0.05) is 12.1 Å². The van der Waals surface area contributed by atoms with Crippen molar-refractivity contribution in [3.63, 3.8) is 0 Å². The molecule has 0 N–H and O–H groups in total. The molecule has 1 heterocycles. The Kier molecular flexibility index (Phi) is 5.99. The fraction of sp³-hybridized carbons (Fsp3) is 0.0556. The number of benzene rings is 2. The first-order chi connectivity index (χ1) is 13.4. The summed E-state index contributed by atoms with van der Waals surface area (Å²) >= 11 is 0.659. The van der Waals surface area contributed by atoms with Gasteiger partial charge in [0.25, 0.3) is 5.22 Å². The number of aliphatic carboxylic acids is 1. The number of hydrogen-bond donors (Lipinski definition) is 0. The summed E-state index contributed by atoms with van der Waals surface area (Å²) in [4.78, 5) is 11.1. The lowest BCUT2D eigenvalue weighted by Gasteiger charge is -2.07. The summed E-state index contributed by atoms with van der Waals surface area (Å²) in [6.45, 7) is -2.96. The SMILES string of the molecule is O=C([O-])/C(=C\c1ccc(OC(F)F)cc1)Sc1nnc(-c2ccc(F)cc2)o1. The van der Waals surface area contributed by atoms with Crippen molar-refractivity contribution in [3.05, 3.63) is 64.8 Å². The third-order valence-corrected chi connectivity index (χ3v) is 4.14. The van der Waals surface area contributed by atoms with Crippen LogP contribution in [0.3, 0.4) is 0 Å². The van der Waals surface area contributed by atoms with E-state index < -0.39 is 18.4 Å². The number of hydrogen-bond acceptors (Lipinski definition) is 7. The summed E-state index contributed by atoms with van der Waals surface area (Å²) in [5, 5.41) is 18.8. The fourth-order valence-electron chi connectivity index (χ4n) is 2.08. The van der Waals surface area contributed by atoms with E-state index >= 15 is 0 Å². The summed E-state index contributed by atoms with van der Waals surface area (Å²) in [5.74, 6) is -1.88. The van der Waals surface area contributed by atoms with Crippen molar-refractivity contribution in [1.29, 1.82) is 0 Å². The Morgan fingerprint density at radius 1 is 1.11 bits per heavy atom. The molecule has 0 aliphatic carbocycles. The quantitative estimate of drug-likeness (QED) is 0.438. The average Bonchev–Trinajstić information content (AvgIpc) is 3.11. The smallest absolute Gasteiger partial charge is 0.387 e. The van der Waals surface area contributed by atoms with Crippen LogP contribution in [-0.4, -0.2) is 22.8 Å². The van der Waals surface area contributed by atoms with Crippen LogP contribution in [0.2, 0.25) is 0 Å². The van der Waals surface area contributed by atoms with Crippen LogP contribution in [0.15, 0.2) is 63.1 Å². The number of carboxylic acids is 1. The van der Waals surface area contributed by atoms with Gasteiger partial charge in [-0.3, -0.25) is 0 Å². The summed E-state index contributed by atoms with van der Waals surface area (Å²) in [6, 6.07) is 10.7. The van der Waals surface area contributed by atoms with Crippen LogP contribution in [0.1, 0.15) is 5.56 Å². The molecule has 0 saturated heterocycles. The van der Waals surface area contributed by atoms with E-state index in [1.807, 2.05) is 0 Å². The second kappa shape index (κ2) is 8.61. The maximum atomic E-state index is 13.0. The van der Waals surface area contributed by atoms with Gasteiger partial charge in [0.15, 0.2) is 0 Å². The predicted octanol–water partition coefficient (Wildman–Crippen LogP) is 3.36. The third-order valence-electron chi connectivity index (χ3n) is 3.30. The highest BCUT2D eigenvalue weighted by Gasteiger charge is 2.12. The molecular formula is C18H10F3N2O4S-. The van der Waals surface area contributed by atoms with Gasteiger partial charge in [0.1, 0.15) is 11.6 Å². The molecule has 0 unspecified atom stereocenters. The molecule has 3 aromatic rings. The van der Waals surface area contributed by atoms with Crippen molar-refractivity contribution in [2.75, 3.05) is 0 Å². The van der Waals surface area contributed by atoms with Gasteiger partial charge in [-0.2, -0.15) is 8.78 Å². The van der Waals surface area contributed by atoms with Crippen molar-refractivity contribution < 1.29 is 32.2 Å². The summed E-state index contributed by atoms with van der Waals surface area (Å²) < 4.78 is 46.9. The molecule has 1 aromatic heterocycles. The van der Waals surface area contributed by atoms with E-state index in [-0.39, 0.29) is 21.8 Å². The van der Waals surface area contributed by atoms with Crippen molar-refractivity contribution in [1.82, 2.24) is 10.2 Å². The Morgan fingerprint density at radius 2 is 1.79 bits per heavy atom. The van der Waals surface area contributed by atoms with E-state index in [4.69, 9.17) is 4.42 Å². The highest BCUT2D eigenvalue weighted by Crippen LogP contribution is 2.30. The van der Waals surface area contributed by atoms with Crippen LogP contribution < -0.4 is 9.84 Å². The first-order valence-corrected chi connectivity index (χ1v) is 8.47. The molecule has 6 nitrogen and oxygen atoms in total. The molecule has 0 aliphatic rings. The van der Waals surface area contributed by atoms with Gasteiger partial charge < -0.3 is 19.1 Å². The number of carbonyl (C=O) groups is 1. The zero-order chi connectivity index (χ0) is 20.1. The van der Waals surface area contributed by atoms with Crippen molar-refractivity contribution >= 4 is 23.8 Å². The predicted molar refractivity (Wildman–Crippen MR) is 91.6 cm³/mol. The molecule has 0 radical (unpaired) electrons. The van der Waals surface area contributed by atoms with Gasteiger partial charge in [0.2, 0.25) is 5.89 Å². The van der Waals surface area contributed by atoms with Gasteiger partial charge in [0.05, 0.1) is 5.97 Å². The van der Waals surface area contributed by atoms with E-state index in [0.29, 0.717) is 22.9 Å². The molecule has 0 spiro atoms. The van der Waals surface area contributed by atoms with Crippen molar-refractivity contribution in [3.8, 4) is 17.2 Å². The van der Waals surface area contributed by atoms with Crippen LogP contribution in [-0.2, 0) is 4.79 Å². The van der Waals surface area contributed by atoms with Crippen LogP contribution in [0.4, 0.5) is 13.2 Å². The van der Waals surface area contributed by atoms with E-state index in [0.717, 1.165) is 0 Å². The number of carbonyl (C=O) groups excluding carboxylic acids is 1. The number of rotatable bonds is 7. The van der Waals surface area contributed by atoms with Crippen LogP contribution in [0.25, 0.3) is 17.5 Å². The number of carboxylic acid groups (broad SMARTS) is 1. The first kappa shape index (κ1) is 19.5. The fourth-order valence-corrected chi connectivity index (χ4v) is 2.75. The number of alkyl halides is 2. The van der Waals surface area contributed by atoms with Gasteiger partial charge in [-0.25, -0.2) is 4.39 Å². The molecule has 0 bridgehead atoms. The normalized spacial score (nSPS) is 11.6. The van der Waals surface area contributed by atoms with Crippen LogP contribution >= 0.6 is 11.8 Å². The van der Waals surface area contributed by atoms with E-state index in [1.54, 1.807) is 0 Å². The number of ether oxygens (including phenoxy) is 1. The van der Waals surface area contributed by atoms with Crippen molar-refractivity contribution in [2.45, 2.75) is 11.8 Å². The van der Waals surface area contributed by atoms with E-state index in [2.05, 4.69) is 14.9 Å². The summed E-state index contributed by atoms with van der Waals surface area (Å²) in [5.41, 5.74) is 0.876. The molecule has 10 heteroatoms. The lowest BCUT2D eigenvalue weighted by atomic mass is 10.2. The highest BCUT2D eigenvalue weighted by molar-refractivity contribution is 8.03. The maximum Gasteiger partial charge on any atom is 0.387 e. The Balaban J connectivity index is 1.77. The minimum atomic E-state index is -2.96. The van der Waals surface area contributed by atoms with Gasteiger partial charge in [0, 0.05) is 10.5 Å². The molecule has 0 aliphatic heterocycles. The molecule has 3 rings (SSSR count). The number of halogens is 3. The maximum absolute atomic E-state index is 13.0. The minimum absolute atomic E-state index is 0.0596. The molecule has 2 aromatic carbocycles. The van der Waals surface area contributed by atoms with Crippen LogP contribution in [0, 0.1) is 5.82 Å². The molecule has 0 fully saturated rings. The number of aromatic nitrogens is 2. The molecule has 0 amide bonds. The molecule has 28 heavy (non-hydrogen) atoms. The Hall–Kier alpha value is -3.27. The topological polar surface area (TPSA) is 88.3 Å². The monoisotopic (exact) mass is 407 g/mol. The Labute approximate surface area is 160 Å². The second-order valence-corrected chi connectivity index (χ2v) is 6.22. The first-order valence-electron chi connectivity index (χ1n) is 7.66. The lowest BCUT2D eigenvalue weighted by molar-refractivity contribution is -0.298. The number of nitrogens with zero attached hydrogens (tertiary/aromatic N) is 2. The average molecular weight is 407 g/mol. The molecule has 0 saturated carbocycles. The Bertz CT molecular complexity index is 989. The van der Waals surface area contributed by atoms with Crippen molar-refractivity contribution in [2.24, 2.45) is 0 Å². The Morgan fingerprint density at radius 3 is 2.39 bits per heavy atom. The largest absolute Gasteiger partial charge is 0.544 e. The summed E-state index contributed by atoms with van der Waals surface area (Å²) in [7, 11) is 0. The molecular weight excluding hydrogens is 397 g/mol. The van der Waals surface area contributed by atoms with Gasteiger partial charge >= 0.3 is 6.61 Å². The van der Waals surface area contributed by atoms with Gasteiger partial charge in [-0.15, -0.1) is 10.2 Å². The third kappa shape index (κ3) is 5.13. The molecule has 0 atom stereocenters. The number of thioether (sulfide) groups is 1. The molecule has 144 valence electrons. The standard InChI is InChI=1S/C18H11F3N2O4S/c19-12-5-3-11(4-6-12)15-22-23-18(27-15)28-14(16(24)25)9-10-1-7-13(8-2-10)26-17(20)21/h1-9,17H,(H,24,25)/p-1/b14-9+. The lowest BCUT2D eigenvalue weighted by Crippen LogP contribution is -2.23. The highest BCUT2D eigenvalue weighted by atomic mass is 32.2. The van der Waals surface area contributed by atoms with E-state index in [1.165, 1.54) is 54.6 Å². The zero-order valence-corrected chi connectivity index (χ0v) is 14.7. The second-order valence-electron chi connectivity index (χ2n) is 5.23. The zero-order valence-electron chi connectivity index (χ0n) is 13.8. The van der Waals surface area contributed by atoms with Gasteiger partial charge in [-0.05, 0) is 59.8 Å².